The maximum atomic E-state index is 2.49. The molecule has 0 aromatic rings. The molecule has 0 spiro atoms. The van der Waals surface area contributed by atoms with Gasteiger partial charge in [0.2, 0.25) is 0 Å². The van der Waals surface area contributed by atoms with Gasteiger partial charge in [0.05, 0.1) is 0 Å². The SMILES string of the molecule is C.C.CCC1(CC)CC1.CCC1CC(C(C)C)C1.CCN1CC(C(C)C)C1. The molecule has 0 unspecified atom stereocenters. The highest BCUT2D eigenvalue weighted by Gasteiger charge is 2.38. The smallest absolute Gasteiger partial charge is 0.00243 e. The fourth-order valence-corrected chi connectivity index (χ4v) is 4.09. The molecule has 2 saturated carbocycles. The Hall–Kier alpha value is -0.0400. The first-order valence-corrected chi connectivity index (χ1v) is 11.5. The third-order valence-electron chi connectivity index (χ3n) is 7.62. The van der Waals surface area contributed by atoms with Crippen LogP contribution in [0.1, 0.15) is 115 Å². The predicted octanol–water partition coefficient (Wildman–Crippen LogP) is 8.53. The molecule has 1 heterocycles. The molecule has 0 atom stereocenters. The van der Waals surface area contributed by atoms with Crippen LogP contribution in [0.15, 0.2) is 0 Å². The molecule has 1 nitrogen and oxygen atoms in total. The average molecular weight is 384 g/mol. The van der Waals surface area contributed by atoms with Crippen LogP contribution in [0.5, 0.6) is 0 Å². The van der Waals surface area contributed by atoms with Gasteiger partial charge in [0.15, 0.2) is 0 Å². The van der Waals surface area contributed by atoms with Crippen molar-refractivity contribution in [3.63, 3.8) is 0 Å². The second-order valence-corrected chi connectivity index (χ2v) is 9.81. The largest absolute Gasteiger partial charge is 0.303 e. The highest BCUT2D eigenvalue weighted by molar-refractivity contribution is 4.89. The summed E-state index contributed by atoms with van der Waals surface area (Å²) >= 11 is 0. The molecule has 0 aromatic carbocycles. The molecule has 3 fully saturated rings. The Balaban J connectivity index is 0. The molecule has 3 rings (SSSR count). The highest BCUT2D eigenvalue weighted by atomic mass is 15.2. The fraction of sp³-hybridized carbons (Fsp3) is 1.00. The molecule has 166 valence electrons. The molecule has 0 N–H and O–H groups in total. The predicted molar refractivity (Wildman–Crippen MR) is 127 cm³/mol. The van der Waals surface area contributed by atoms with E-state index in [1.807, 2.05) is 0 Å². The van der Waals surface area contributed by atoms with Crippen LogP contribution in [0, 0.1) is 35.0 Å². The Kier molecular flexibility index (Phi) is 15.1. The van der Waals surface area contributed by atoms with Gasteiger partial charge in [-0.3, -0.25) is 0 Å². The van der Waals surface area contributed by atoms with Crippen molar-refractivity contribution in [3.05, 3.63) is 0 Å². The summed E-state index contributed by atoms with van der Waals surface area (Å²) in [5.74, 6) is 4.97. The molecule has 0 amide bonds. The van der Waals surface area contributed by atoms with Crippen molar-refractivity contribution in [2.75, 3.05) is 19.6 Å². The Morgan fingerprint density at radius 2 is 1.22 bits per heavy atom. The summed E-state index contributed by atoms with van der Waals surface area (Å²) in [6, 6.07) is 0. The topological polar surface area (TPSA) is 3.24 Å². The minimum Gasteiger partial charge on any atom is -0.303 e. The van der Waals surface area contributed by atoms with Crippen molar-refractivity contribution in [3.8, 4) is 0 Å². The van der Waals surface area contributed by atoms with Gasteiger partial charge in [-0.25, -0.2) is 0 Å². The van der Waals surface area contributed by atoms with Crippen LogP contribution in [0.25, 0.3) is 0 Å². The summed E-state index contributed by atoms with van der Waals surface area (Å²) in [5.41, 5.74) is 0.833. The van der Waals surface area contributed by atoms with Crippen molar-refractivity contribution >= 4 is 0 Å². The van der Waals surface area contributed by atoms with E-state index in [0.717, 1.165) is 35.0 Å². The molecule has 1 heteroatoms. The third-order valence-corrected chi connectivity index (χ3v) is 7.62. The van der Waals surface area contributed by atoms with Crippen LogP contribution in [-0.2, 0) is 0 Å². The van der Waals surface area contributed by atoms with Crippen molar-refractivity contribution in [2.24, 2.45) is 35.0 Å². The van der Waals surface area contributed by atoms with Gasteiger partial charge in [-0.15, -0.1) is 0 Å². The van der Waals surface area contributed by atoms with Crippen LogP contribution >= 0.6 is 0 Å². The van der Waals surface area contributed by atoms with Crippen LogP contribution in [0.3, 0.4) is 0 Å². The maximum absolute atomic E-state index is 2.49. The van der Waals surface area contributed by atoms with Gasteiger partial charge in [-0.1, -0.05) is 89.5 Å². The van der Waals surface area contributed by atoms with Crippen molar-refractivity contribution < 1.29 is 0 Å². The lowest BCUT2D eigenvalue weighted by Gasteiger charge is -2.40. The Morgan fingerprint density at radius 1 is 0.778 bits per heavy atom. The normalized spacial score (nSPS) is 25.6. The third kappa shape index (κ3) is 9.82. The van der Waals surface area contributed by atoms with Crippen LogP contribution in [-0.4, -0.2) is 24.5 Å². The molecule has 2 aliphatic carbocycles. The Morgan fingerprint density at radius 3 is 1.44 bits per heavy atom. The summed E-state index contributed by atoms with van der Waals surface area (Å²) < 4.78 is 0. The lowest BCUT2D eigenvalue weighted by atomic mass is 9.69. The Bertz CT molecular complexity index is 300. The first-order chi connectivity index (χ1) is 11.8. The fourth-order valence-electron chi connectivity index (χ4n) is 4.09. The zero-order valence-corrected chi connectivity index (χ0v) is 18.9. The van der Waals surface area contributed by atoms with Gasteiger partial charge in [0.25, 0.3) is 0 Å². The summed E-state index contributed by atoms with van der Waals surface area (Å²) in [6.45, 7) is 22.4. The molecule has 3 aliphatic rings. The molecule has 0 radical (unpaired) electrons. The molecule has 1 saturated heterocycles. The number of rotatable bonds is 6. The van der Waals surface area contributed by atoms with Gasteiger partial charge < -0.3 is 4.90 Å². The van der Waals surface area contributed by atoms with E-state index in [4.69, 9.17) is 0 Å². The Labute approximate surface area is 175 Å². The van der Waals surface area contributed by atoms with E-state index in [2.05, 4.69) is 60.3 Å². The van der Waals surface area contributed by atoms with Gasteiger partial charge in [-0.2, -0.15) is 0 Å². The second kappa shape index (κ2) is 14.0. The quantitative estimate of drug-likeness (QED) is 0.444. The van der Waals surface area contributed by atoms with Crippen LogP contribution in [0.2, 0.25) is 0 Å². The molecule has 1 aliphatic heterocycles. The van der Waals surface area contributed by atoms with Crippen LogP contribution in [0.4, 0.5) is 0 Å². The summed E-state index contributed by atoms with van der Waals surface area (Å²) in [7, 11) is 0. The second-order valence-electron chi connectivity index (χ2n) is 9.81. The van der Waals surface area contributed by atoms with E-state index in [1.54, 1.807) is 0 Å². The molecule has 0 bridgehead atoms. The van der Waals surface area contributed by atoms with Gasteiger partial charge in [0.1, 0.15) is 0 Å². The lowest BCUT2D eigenvalue weighted by Crippen LogP contribution is -2.48. The van der Waals surface area contributed by atoms with E-state index < -0.39 is 0 Å². The lowest BCUT2D eigenvalue weighted by molar-refractivity contribution is 0.0745. The minimum atomic E-state index is 0. The maximum Gasteiger partial charge on any atom is 0.00243 e. The van der Waals surface area contributed by atoms with Gasteiger partial charge >= 0.3 is 0 Å². The van der Waals surface area contributed by atoms with Gasteiger partial charge in [-0.05, 0) is 67.2 Å². The first kappa shape index (κ1) is 29.2. The average Bonchev–Trinajstić information content (AvgIpc) is 3.26. The number of hydrogen-bond acceptors (Lipinski definition) is 1. The number of likely N-dealkylation sites (tertiary alicyclic amines) is 1. The number of hydrogen-bond donors (Lipinski definition) is 0. The zero-order chi connectivity index (χ0) is 19.0. The summed E-state index contributed by atoms with van der Waals surface area (Å²) in [6.07, 6.45) is 10.2. The van der Waals surface area contributed by atoms with Gasteiger partial charge in [0, 0.05) is 13.1 Å². The van der Waals surface area contributed by atoms with E-state index >= 15 is 0 Å². The summed E-state index contributed by atoms with van der Waals surface area (Å²) in [5, 5.41) is 0. The zero-order valence-electron chi connectivity index (χ0n) is 18.9. The minimum absolute atomic E-state index is 0. The number of nitrogens with zero attached hydrogens (tertiary/aromatic N) is 1. The summed E-state index contributed by atoms with van der Waals surface area (Å²) in [4.78, 5) is 2.49. The molecule has 0 aromatic heterocycles. The standard InChI is InChI=1S/C9H18.C8H17N.C7H14.2CH4/c1-4-8-5-9(6-8)7(2)3;1-4-9-5-8(6-9)7(2)3;1-3-7(4-2)5-6-7;;/h7-9H,4-6H2,1-3H3;7-8H,4-6H2,1-3H3;3-6H2,1-2H3;2*1H4. The highest BCUT2D eigenvalue weighted by Crippen LogP contribution is 2.51. The van der Waals surface area contributed by atoms with Crippen LogP contribution < -0.4 is 0 Å². The van der Waals surface area contributed by atoms with E-state index in [-0.39, 0.29) is 14.9 Å². The van der Waals surface area contributed by atoms with E-state index in [1.165, 1.54) is 64.6 Å². The van der Waals surface area contributed by atoms with E-state index in [0.29, 0.717) is 0 Å². The monoisotopic (exact) mass is 383 g/mol. The molecular formula is C26H57N. The first-order valence-electron chi connectivity index (χ1n) is 11.5. The van der Waals surface area contributed by atoms with E-state index in [9.17, 15) is 0 Å². The molecular weight excluding hydrogens is 326 g/mol. The van der Waals surface area contributed by atoms with Crippen molar-refractivity contribution in [1.29, 1.82) is 0 Å². The van der Waals surface area contributed by atoms with Crippen molar-refractivity contribution in [1.82, 2.24) is 4.90 Å². The van der Waals surface area contributed by atoms with Crippen molar-refractivity contribution in [2.45, 2.75) is 115 Å². The molecule has 27 heavy (non-hydrogen) atoms.